The molecule has 0 aliphatic carbocycles. The van der Waals surface area contributed by atoms with E-state index in [9.17, 15) is 4.79 Å². The third-order valence-electron chi connectivity index (χ3n) is 2.23. The van der Waals surface area contributed by atoms with Gasteiger partial charge in [0, 0.05) is 15.5 Å². The van der Waals surface area contributed by atoms with Gasteiger partial charge in [0.15, 0.2) is 0 Å². The summed E-state index contributed by atoms with van der Waals surface area (Å²) in [6, 6.07) is 14.4. The summed E-state index contributed by atoms with van der Waals surface area (Å²) >= 11 is 1.46. The van der Waals surface area contributed by atoms with Crippen LogP contribution in [0.4, 0.5) is 5.69 Å². The lowest BCUT2D eigenvalue weighted by Gasteiger charge is -2.06. The van der Waals surface area contributed by atoms with Crippen LogP contribution in [-0.2, 0) is 0 Å². The molecule has 0 saturated heterocycles. The molecular weight excluding hydrogens is 234 g/mol. The van der Waals surface area contributed by atoms with Gasteiger partial charge in [0.05, 0.1) is 5.56 Å². The summed E-state index contributed by atoms with van der Waals surface area (Å²) in [7, 11) is 0. The Kier molecular flexibility index (Phi) is 3.35. The molecule has 0 bridgehead atoms. The van der Waals surface area contributed by atoms with Gasteiger partial charge in [-0.2, -0.15) is 0 Å². The van der Waals surface area contributed by atoms with Gasteiger partial charge in [0.25, 0.3) is 0 Å². The van der Waals surface area contributed by atoms with Crippen LogP contribution in [0.1, 0.15) is 10.4 Å². The zero-order valence-corrected chi connectivity index (χ0v) is 9.78. The van der Waals surface area contributed by atoms with Gasteiger partial charge >= 0.3 is 5.97 Å². The highest BCUT2D eigenvalue weighted by Gasteiger charge is 2.07. The molecule has 3 N–H and O–H groups in total. The third-order valence-corrected chi connectivity index (χ3v) is 3.31. The number of aromatic carboxylic acids is 1. The van der Waals surface area contributed by atoms with E-state index >= 15 is 0 Å². The van der Waals surface area contributed by atoms with Crippen LogP contribution in [0.3, 0.4) is 0 Å². The standard InChI is InChI=1S/C13H11NO2S/c14-11-7-6-9(13(15)16)8-12(11)17-10-4-2-1-3-5-10/h1-8H,14H2,(H,15,16). The number of carboxylic acids is 1. The van der Waals surface area contributed by atoms with Crippen LogP contribution in [0, 0.1) is 0 Å². The van der Waals surface area contributed by atoms with Gasteiger partial charge in [0.1, 0.15) is 0 Å². The summed E-state index contributed by atoms with van der Waals surface area (Å²) in [5.41, 5.74) is 6.66. The Hall–Kier alpha value is -1.94. The summed E-state index contributed by atoms with van der Waals surface area (Å²) in [6.07, 6.45) is 0. The van der Waals surface area contributed by atoms with Crippen molar-refractivity contribution in [2.45, 2.75) is 9.79 Å². The highest BCUT2D eigenvalue weighted by atomic mass is 32.2. The maximum atomic E-state index is 10.9. The van der Waals surface area contributed by atoms with Crippen molar-refractivity contribution in [3.05, 3.63) is 54.1 Å². The highest BCUT2D eigenvalue weighted by Crippen LogP contribution is 2.32. The minimum Gasteiger partial charge on any atom is -0.478 e. The lowest BCUT2D eigenvalue weighted by Crippen LogP contribution is -1.98. The Labute approximate surface area is 103 Å². The molecule has 0 amide bonds. The van der Waals surface area contributed by atoms with Crippen LogP contribution in [0.2, 0.25) is 0 Å². The van der Waals surface area contributed by atoms with E-state index in [4.69, 9.17) is 10.8 Å². The van der Waals surface area contributed by atoms with Crippen molar-refractivity contribution in [3.63, 3.8) is 0 Å². The summed E-state index contributed by atoms with van der Waals surface area (Å²) in [5.74, 6) is -0.945. The average Bonchev–Trinajstić information content (AvgIpc) is 2.33. The van der Waals surface area contributed by atoms with Crippen molar-refractivity contribution < 1.29 is 9.90 Å². The van der Waals surface area contributed by atoms with E-state index < -0.39 is 5.97 Å². The zero-order chi connectivity index (χ0) is 12.3. The molecule has 2 aromatic rings. The first-order valence-electron chi connectivity index (χ1n) is 5.02. The van der Waals surface area contributed by atoms with Crippen molar-refractivity contribution >= 4 is 23.4 Å². The lowest BCUT2D eigenvalue weighted by molar-refractivity contribution is 0.0696. The predicted molar refractivity (Wildman–Crippen MR) is 68.4 cm³/mol. The minimum atomic E-state index is -0.945. The molecule has 0 aliphatic rings. The van der Waals surface area contributed by atoms with Gasteiger partial charge in [-0.05, 0) is 30.3 Å². The first-order chi connectivity index (χ1) is 8.16. The van der Waals surface area contributed by atoms with Crippen LogP contribution >= 0.6 is 11.8 Å². The molecule has 17 heavy (non-hydrogen) atoms. The minimum absolute atomic E-state index is 0.248. The molecule has 0 aromatic heterocycles. The number of carboxylic acid groups (broad SMARTS) is 1. The number of carbonyl (C=O) groups is 1. The smallest absolute Gasteiger partial charge is 0.335 e. The maximum Gasteiger partial charge on any atom is 0.335 e. The Morgan fingerprint density at radius 2 is 1.82 bits per heavy atom. The van der Waals surface area contributed by atoms with E-state index in [2.05, 4.69) is 0 Å². The third kappa shape index (κ3) is 2.79. The van der Waals surface area contributed by atoms with Crippen molar-refractivity contribution in [1.29, 1.82) is 0 Å². The Bertz CT molecular complexity index is 540. The van der Waals surface area contributed by atoms with Crippen LogP contribution < -0.4 is 5.73 Å². The van der Waals surface area contributed by atoms with E-state index in [1.807, 2.05) is 30.3 Å². The fourth-order valence-corrected chi connectivity index (χ4v) is 2.29. The second kappa shape index (κ2) is 4.93. The summed E-state index contributed by atoms with van der Waals surface area (Å²) in [5, 5.41) is 8.92. The Morgan fingerprint density at radius 1 is 1.12 bits per heavy atom. The van der Waals surface area contributed by atoms with E-state index in [1.54, 1.807) is 12.1 Å². The van der Waals surface area contributed by atoms with Gasteiger partial charge in [-0.25, -0.2) is 4.79 Å². The number of anilines is 1. The van der Waals surface area contributed by atoms with Crippen LogP contribution in [-0.4, -0.2) is 11.1 Å². The molecule has 0 radical (unpaired) electrons. The number of benzene rings is 2. The first-order valence-corrected chi connectivity index (χ1v) is 5.84. The number of hydrogen-bond donors (Lipinski definition) is 2. The van der Waals surface area contributed by atoms with E-state index in [0.717, 1.165) is 9.79 Å². The number of nitrogen functional groups attached to an aromatic ring is 1. The molecular formula is C13H11NO2S. The number of rotatable bonds is 3. The zero-order valence-electron chi connectivity index (χ0n) is 8.96. The predicted octanol–water partition coefficient (Wildman–Crippen LogP) is 3.12. The molecule has 0 atom stereocenters. The molecule has 0 aliphatic heterocycles. The van der Waals surface area contributed by atoms with Crippen molar-refractivity contribution in [1.82, 2.24) is 0 Å². The van der Waals surface area contributed by atoms with E-state index in [1.165, 1.54) is 17.8 Å². The average molecular weight is 245 g/mol. The second-order valence-electron chi connectivity index (χ2n) is 3.47. The summed E-state index contributed by atoms with van der Waals surface area (Å²) in [4.78, 5) is 12.7. The first kappa shape index (κ1) is 11.5. The lowest BCUT2D eigenvalue weighted by atomic mass is 10.2. The number of hydrogen-bond acceptors (Lipinski definition) is 3. The van der Waals surface area contributed by atoms with Gasteiger partial charge in [0.2, 0.25) is 0 Å². The van der Waals surface area contributed by atoms with E-state index in [0.29, 0.717) is 5.69 Å². The summed E-state index contributed by atoms with van der Waals surface area (Å²) in [6.45, 7) is 0. The molecule has 0 fully saturated rings. The van der Waals surface area contributed by atoms with E-state index in [-0.39, 0.29) is 5.56 Å². The molecule has 0 spiro atoms. The van der Waals surface area contributed by atoms with Crippen LogP contribution in [0.15, 0.2) is 58.3 Å². The van der Waals surface area contributed by atoms with Gasteiger partial charge in [-0.15, -0.1) is 0 Å². The van der Waals surface area contributed by atoms with Crippen molar-refractivity contribution in [2.24, 2.45) is 0 Å². The Balaban J connectivity index is 2.32. The molecule has 86 valence electrons. The monoisotopic (exact) mass is 245 g/mol. The quantitative estimate of drug-likeness (QED) is 0.815. The van der Waals surface area contributed by atoms with Crippen LogP contribution in [0.5, 0.6) is 0 Å². The topological polar surface area (TPSA) is 63.3 Å². The fraction of sp³-hybridized carbons (Fsp3) is 0. The molecule has 4 heteroatoms. The number of nitrogens with two attached hydrogens (primary N) is 1. The molecule has 0 unspecified atom stereocenters. The normalized spacial score (nSPS) is 10.1. The van der Waals surface area contributed by atoms with Crippen molar-refractivity contribution in [3.8, 4) is 0 Å². The van der Waals surface area contributed by atoms with Gasteiger partial charge in [-0.3, -0.25) is 0 Å². The molecule has 3 nitrogen and oxygen atoms in total. The molecule has 2 aromatic carbocycles. The SMILES string of the molecule is Nc1ccc(C(=O)O)cc1Sc1ccccc1. The van der Waals surface area contributed by atoms with Crippen molar-refractivity contribution in [2.75, 3.05) is 5.73 Å². The highest BCUT2D eigenvalue weighted by molar-refractivity contribution is 7.99. The second-order valence-corrected chi connectivity index (χ2v) is 4.59. The molecule has 0 saturated carbocycles. The maximum absolute atomic E-state index is 10.9. The summed E-state index contributed by atoms with van der Waals surface area (Å²) < 4.78 is 0. The molecule has 0 heterocycles. The van der Waals surface area contributed by atoms with Gasteiger partial charge in [-0.1, -0.05) is 30.0 Å². The van der Waals surface area contributed by atoms with Gasteiger partial charge < -0.3 is 10.8 Å². The van der Waals surface area contributed by atoms with Crippen LogP contribution in [0.25, 0.3) is 0 Å². The largest absolute Gasteiger partial charge is 0.478 e. The Morgan fingerprint density at radius 3 is 2.47 bits per heavy atom. The fourth-order valence-electron chi connectivity index (χ4n) is 1.37. The molecule has 2 rings (SSSR count).